The fraction of sp³-hybridized carbons (Fsp3) is 0.778. The molecule has 0 bridgehead atoms. The van der Waals surface area contributed by atoms with Crippen molar-refractivity contribution in [1.82, 2.24) is 0 Å². The van der Waals surface area contributed by atoms with Crippen LogP contribution >= 0.6 is 11.6 Å². The molecule has 0 aromatic rings. The fourth-order valence-electron chi connectivity index (χ4n) is 0.962. The molecule has 0 aromatic heterocycles. The van der Waals surface area contributed by atoms with Crippen molar-refractivity contribution in [3.8, 4) is 0 Å². The molecular formula is C9H17ClO2S. The van der Waals surface area contributed by atoms with E-state index in [9.17, 15) is 8.42 Å². The molecule has 0 rings (SSSR count). The van der Waals surface area contributed by atoms with E-state index in [1.165, 1.54) is 6.26 Å². The van der Waals surface area contributed by atoms with Gasteiger partial charge in [0.15, 0.2) is 0 Å². The van der Waals surface area contributed by atoms with E-state index in [1.807, 2.05) is 6.92 Å². The molecule has 0 saturated carbocycles. The highest BCUT2D eigenvalue weighted by molar-refractivity contribution is 7.90. The van der Waals surface area contributed by atoms with Crippen molar-refractivity contribution in [3.63, 3.8) is 0 Å². The fourth-order valence-corrected chi connectivity index (χ4v) is 1.87. The number of sulfone groups is 1. The van der Waals surface area contributed by atoms with E-state index in [0.717, 1.165) is 6.42 Å². The van der Waals surface area contributed by atoms with Crippen LogP contribution in [0.2, 0.25) is 0 Å². The van der Waals surface area contributed by atoms with Gasteiger partial charge >= 0.3 is 0 Å². The molecule has 0 fully saturated rings. The second-order valence-corrected chi connectivity index (χ2v) is 6.25. The second kappa shape index (κ2) is 5.01. The molecule has 0 radical (unpaired) electrons. The molecule has 1 unspecified atom stereocenters. The molecule has 0 aromatic carbocycles. The lowest BCUT2D eigenvalue weighted by atomic mass is 9.88. The summed E-state index contributed by atoms with van der Waals surface area (Å²) >= 11 is 5.74. The molecule has 0 aliphatic rings. The molecule has 4 heteroatoms. The number of hydrogen-bond donors (Lipinski definition) is 0. The largest absolute Gasteiger partial charge is 0.229 e. The zero-order chi connectivity index (χ0) is 10.5. The molecule has 2 nitrogen and oxygen atoms in total. The third kappa shape index (κ3) is 6.11. The first-order valence-corrected chi connectivity index (χ1v) is 6.80. The van der Waals surface area contributed by atoms with Gasteiger partial charge in [-0.2, -0.15) is 0 Å². The highest BCUT2D eigenvalue weighted by Crippen LogP contribution is 2.26. The Morgan fingerprint density at radius 3 is 2.38 bits per heavy atom. The van der Waals surface area contributed by atoms with E-state index in [1.54, 1.807) is 6.08 Å². The highest BCUT2D eigenvalue weighted by Gasteiger charge is 2.18. The Morgan fingerprint density at radius 1 is 1.54 bits per heavy atom. The van der Waals surface area contributed by atoms with Gasteiger partial charge in [0.1, 0.15) is 9.84 Å². The first kappa shape index (κ1) is 13.0. The summed E-state index contributed by atoms with van der Waals surface area (Å²) in [5.41, 5.74) is -0.133. The number of rotatable bonds is 6. The van der Waals surface area contributed by atoms with Gasteiger partial charge in [-0.15, -0.1) is 18.2 Å². The quantitative estimate of drug-likeness (QED) is 0.512. The lowest BCUT2D eigenvalue weighted by Crippen LogP contribution is -2.16. The second-order valence-electron chi connectivity index (χ2n) is 3.73. The molecular weight excluding hydrogens is 208 g/mol. The summed E-state index contributed by atoms with van der Waals surface area (Å²) in [5, 5.41) is 0. The normalized spacial score (nSPS) is 16.5. The van der Waals surface area contributed by atoms with Gasteiger partial charge in [0.2, 0.25) is 0 Å². The van der Waals surface area contributed by atoms with Crippen LogP contribution in [0.15, 0.2) is 12.7 Å². The lowest BCUT2D eigenvalue weighted by molar-refractivity contribution is 0.439. The Labute approximate surface area is 85.9 Å². The van der Waals surface area contributed by atoms with E-state index in [2.05, 4.69) is 6.58 Å². The van der Waals surface area contributed by atoms with Crippen LogP contribution in [0, 0.1) is 5.41 Å². The van der Waals surface area contributed by atoms with Crippen LogP contribution in [0.3, 0.4) is 0 Å². The highest BCUT2D eigenvalue weighted by atomic mass is 35.5. The van der Waals surface area contributed by atoms with E-state index in [-0.39, 0.29) is 11.2 Å². The molecule has 78 valence electrons. The number of allylic oxidation sites excluding steroid dienone is 1. The van der Waals surface area contributed by atoms with Crippen LogP contribution in [0.1, 0.15) is 19.8 Å². The Hall–Kier alpha value is -0.0200. The van der Waals surface area contributed by atoms with Crippen molar-refractivity contribution >= 4 is 21.4 Å². The average molecular weight is 225 g/mol. The third-order valence-electron chi connectivity index (χ3n) is 2.06. The van der Waals surface area contributed by atoms with Crippen LogP contribution in [-0.2, 0) is 9.84 Å². The van der Waals surface area contributed by atoms with Crippen LogP contribution < -0.4 is 0 Å². The lowest BCUT2D eigenvalue weighted by Gasteiger charge is -2.21. The average Bonchev–Trinajstić information content (AvgIpc) is 2.02. The molecule has 0 aliphatic heterocycles. The van der Waals surface area contributed by atoms with Crippen molar-refractivity contribution in [2.45, 2.75) is 19.8 Å². The Morgan fingerprint density at radius 2 is 2.08 bits per heavy atom. The Kier molecular flexibility index (Phi) is 5.00. The van der Waals surface area contributed by atoms with E-state index in [0.29, 0.717) is 12.3 Å². The summed E-state index contributed by atoms with van der Waals surface area (Å²) in [4.78, 5) is 0. The van der Waals surface area contributed by atoms with Crippen molar-refractivity contribution in [3.05, 3.63) is 12.7 Å². The molecule has 0 amide bonds. The summed E-state index contributed by atoms with van der Waals surface area (Å²) < 4.78 is 21.7. The molecule has 0 heterocycles. The topological polar surface area (TPSA) is 34.1 Å². The first-order chi connectivity index (χ1) is 5.83. The molecule has 0 aliphatic carbocycles. The van der Waals surface area contributed by atoms with Gasteiger partial charge in [0, 0.05) is 17.9 Å². The van der Waals surface area contributed by atoms with Gasteiger partial charge in [0.05, 0.1) is 0 Å². The molecule has 13 heavy (non-hydrogen) atoms. The minimum Gasteiger partial charge on any atom is -0.229 e. The maximum Gasteiger partial charge on any atom is 0.147 e. The van der Waals surface area contributed by atoms with Crippen molar-refractivity contribution in [2.24, 2.45) is 5.41 Å². The summed E-state index contributed by atoms with van der Waals surface area (Å²) in [6, 6.07) is 0. The molecule has 0 saturated heterocycles. The SMILES string of the molecule is C=CC(C)(CCl)CCCS(C)(=O)=O. The molecule has 1 atom stereocenters. The predicted molar refractivity (Wildman–Crippen MR) is 58.0 cm³/mol. The maximum atomic E-state index is 10.8. The zero-order valence-corrected chi connectivity index (χ0v) is 9.79. The minimum atomic E-state index is -2.84. The third-order valence-corrected chi connectivity index (χ3v) is 3.70. The van der Waals surface area contributed by atoms with Crippen molar-refractivity contribution in [1.29, 1.82) is 0 Å². The Bertz CT molecular complexity index is 259. The van der Waals surface area contributed by atoms with Crippen LogP contribution in [-0.4, -0.2) is 26.3 Å². The van der Waals surface area contributed by atoms with E-state index < -0.39 is 9.84 Å². The first-order valence-electron chi connectivity index (χ1n) is 4.20. The van der Waals surface area contributed by atoms with Crippen molar-refractivity contribution in [2.75, 3.05) is 17.9 Å². The smallest absolute Gasteiger partial charge is 0.147 e. The number of hydrogen-bond acceptors (Lipinski definition) is 2. The number of alkyl halides is 1. The van der Waals surface area contributed by atoms with E-state index >= 15 is 0 Å². The van der Waals surface area contributed by atoms with Crippen LogP contribution in [0.5, 0.6) is 0 Å². The molecule has 0 spiro atoms. The van der Waals surface area contributed by atoms with Gasteiger partial charge in [-0.05, 0) is 18.3 Å². The van der Waals surface area contributed by atoms with Gasteiger partial charge < -0.3 is 0 Å². The van der Waals surface area contributed by atoms with Gasteiger partial charge in [-0.3, -0.25) is 0 Å². The molecule has 0 N–H and O–H groups in total. The van der Waals surface area contributed by atoms with Gasteiger partial charge in [-0.25, -0.2) is 8.42 Å². The minimum absolute atomic E-state index is 0.133. The van der Waals surface area contributed by atoms with Crippen LogP contribution in [0.4, 0.5) is 0 Å². The summed E-state index contributed by atoms with van der Waals surface area (Å²) in [5.74, 6) is 0.716. The Balaban J connectivity index is 3.95. The monoisotopic (exact) mass is 224 g/mol. The maximum absolute atomic E-state index is 10.8. The summed E-state index contributed by atoms with van der Waals surface area (Å²) in [6.07, 6.45) is 4.46. The standard InChI is InChI=1S/C9H17ClO2S/c1-4-9(2,8-10)6-5-7-13(3,11)12/h4H,1,5-8H2,2-3H3. The summed E-state index contributed by atoms with van der Waals surface area (Å²) in [6.45, 7) is 5.67. The van der Waals surface area contributed by atoms with Gasteiger partial charge in [0.25, 0.3) is 0 Å². The van der Waals surface area contributed by atoms with Crippen molar-refractivity contribution < 1.29 is 8.42 Å². The summed E-state index contributed by atoms with van der Waals surface area (Å²) in [7, 11) is -2.84. The zero-order valence-electron chi connectivity index (χ0n) is 8.22. The van der Waals surface area contributed by atoms with Crippen LogP contribution in [0.25, 0.3) is 0 Å². The van der Waals surface area contributed by atoms with Gasteiger partial charge in [-0.1, -0.05) is 13.0 Å². The predicted octanol–water partition coefficient (Wildman–Crippen LogP) is 2.24. The number of halogens is 1. The van der Waals surface area contributed by atoms with E-state index in [4.69, 9.17) is 11.6 Å².